The molecule has 1 N–H and O–H groups in total. The molecule has 2 atom stereocenters. The van der Waals surface area contributed by atoms with E-state index in [1.165, 1.54) is 0 Å². The second-order valence-electron chi connectivity index (χ2n) is 10.8. The Morgan fingerprint density at radius 2 is 1.05 bits per heavy atom. The van der Waals surface area contributed by atoms with Crippen LogP contribution in [0.25, 0.3) is 0 Å². The maximum absolute atomic E-state index is 16.4. The molecule has 1 aliphatic rings. The number of benzene rings is 4. The van der Waals surface area contributed by atoms with Gasteiger partial charge in [0.15, 0.2) is 0 Å². The van der Waals surface area contributed by atoms with Crippen molar-refractivity contribution in [2.24, 2.45) is 0 Å². The van der Waals surface area contributed by atoms with Crippen LogP contribution in [-0.4, -0.2) is 41.9 Å². The summed E-state index contributed by atoms with van der Waals surface area (Å²) in [7, 11) is 0. The molecule has 4 aromatic carbocycles. The first-order chi connectivity index (χ1) is 21.5. The summed E-state index contributed by atoms with van der Waals surface area (Å²) >= 11 is 0. The summed E-state index contributed by atoms with van der Waals surface area (Å²) < 4.78 is 63.9. The van der Waals surface area contributed by atoms with Crippen LogP contribution in [0.5, 0.6) is 0 Å². The molecule has 0 bridgehead atoms. The summed E-state index contributed by atoms with van der Waals surface area (Å²) in [4.78, 5) is 0. The van der Waals surface area contributed by atoms with Crippen molar-refractivity contribution in [3.63, 3.8) is 0 Å². The highest BCUT2D eigenvalue weighted by Crippen LogP contribution is 2.52. The van der Waals surface area contributed by atoms with Gasteiger partial charge >= 0.3 is 5.92 Å². The monoisotopic (exact) mass is 604 g/mol. The molecule has 0 spiro atoms. The number of ether oxygens (including phenoxy) is 5. The molecule has 4 aromatic rings. The number of alkyl halides is 2. The lowest BCUT2D eigenvalue weighted by Gasteiger charge is -2.55. The fourth-order valence-corrected chi connectivity index (χ4v) is 5.30. The van der Waals surface area contributed by atoms with Crippen LogP contribution in [0.4, 0.5) is 8.78 Å². The molecular formula is C36H38F2O6. The van der Waals surface area contributed by atoms with Gasteiger partial charge in [0, 0.05) is 6.42 Å². The molecule has 0 saturated carbocycles. The third-order valence-electron chi connectivity index (χ3n) is 7.64. The molecule has 0 aliphatic carbocycles. The van der Waals surface area contributed by atoms with E-state index in [9.17, 15) is 5.11 Å². The highest BCUT2D eigenvalue weighted by atomic mass is 19.3. The molecule has 0 amide bonds. The molecule has 5 rings (SSSR count). The minimum absolute atomic E-state index is 0.00356. The zero-order valence-corrected chi connectivity index (χ0v) is 24.5. The predicted molar refractivity (Wildman–Crippen MR) is 161 cm³/mol. The summed E-state index contributed by atoms with van der Waals surface area (Å²) in [5.74, 6) is -8.87. The van der Waals surface area contributed by atoms with Crippen molar-refractivity contribution in [1.82, 2.24) is 0 Å². The largest absolute Gasteiger partial charge is 0.390 e. The van der Waals surface area contributed by atoms with Gasteiger partial charge in [-0.2, -0.15) is 8.78 Å². The molecule has 1 aliphatic heterocycles. The minimum atomic E-state index is -3.94. The van der Waals surface area contributed by atoms with Crippen molar-refractivity contribution >= 4 is 0 Å². The van der Waals surface area contributed by atoms with Gasteiger partial charge in [-0.25, -0.2) is 0 Å². The smallest absolute Gasteiger partial charge is 0.328 e. The third kappa shape index (κ3) is 7.58. The van der Waals surface area contributed by atoms with Gasteiger partial charge in [-0.1, -0.05) is 121 Å². The number of hydrogen-bond donors (Lipinski definition) is 1. The Labute approximate surface area is 257 Å². The second-order valence-corrected chi connectivity index (χ2v) is 10.8. The van der Waals surface area contributed by atoms with E-state index in [1.807, 2.05) is 97.1 Å². The van der Waals surface area contributed by atoms with Gasteiger partial charge in [0.05, 0.1) is 39.1 Å². The van der Waals surface area contributed by atoms with Crippen LogP contribution in [0.2, 0.25) is 0 Å². The van der Waals surface area contributed by atoms with E-state index < -0.39 is 30.2 Å². The summed E-state index contributed by atoms with van der Waals surface area (Å²) in [6, 6.07) is 37.0. The van der Waals surface area contributed by atoms with E-state index in [0.717, 1.165) is 16.7 Å². The average molecular weight is 605 g/mol. The van der Waals surface area contributed by atoms with Crippen molar-refractivity contribution in [1.29, 1.82) is 0 Å². The predicted octanol–water partition coefficient (Wildman–Crippen LogP) is 7.05. The van der Waals surface area contributed by atoms with Crippen molar-refractivity contribution in [3.8, 4) is 0 Å². The molecule has 1 saturated heterocycles. The van der Waals surface area contributed by atoms with Crippen LogP contribution >= 0.6 is 0 Å². The molecule has 8 heteroatoms. The number of aliphatic hydroxyl groups is 1. The Bertz CT molecular complexity index is 1350. The lowest BCUT2D eigenvalue weighted by molar-refractivity contribution is -0.494. The van der Waals surface area contributed by atoms with Crippen molar-refractivity contribution in [3.05, 3.63) is 144 Å². The molecule has 0 aromatic heterocycles. The Morgan fingerprint density at radius 1 is 0.636 bits per heavy atom. The molecule has 0 unspecified atom stereocenters. The third-order valence-corrected chi connectivity index (χ3v) is 7.64. The van der Waals surface area contributed by atoms with Crippen LogP contribution in [-0.2, 0) is 50.1 Å². The van der Waals surface area contributed by atoms with Gasteiger partial charge in [-0.05, 0) is 28.7 Å². The van der Waals surface area contributed by atoms with E-state index in [4.69, 9.17) is 23.7 Å². The number of rotatable bonds is 15. The van der Waals surface area contributed by atoms with E-state index in [0.29, 0.717) is 5.56 Å². The molecule has 6 nitrogen and oxygen atoms in total. The van der Waals surface area contributed by atoms with Gasteiger partial charge in [0.2, 0.25) is 5.79 Å². The maximum atomic E-state index is 16.4. The van der Waals surface area contributed by atoms with Crippen LogP contribution < -0.4 is 0 Å². The quantitative estimate of drug-likeness (QED) is 0.147. The van der Waals surface area contributed by atoms with E-state index in [2.05, 4.69) is 0 Å². The highest BCUT2D eigenvalue weighted by molar-refractivity contribution is 5.17. The van der Waals surface area contributed by atoms with E-state index in [-0.39, 0.29) is 45.9 Å². The van der Waals surface area contributed by atoms with E-state index >= 15 is 8.78 Å². The first-order valence-corrected chi connectivity index (χ1v) is 14.8. The lowest BCUT2D eigenvalue weighted by Crippen LogP contribution is -2.73. The van der Waals surface area contributed by atoms with Crippen LogP contribution in [0.15, 0.2) is 121 Å². The molecule has 0 radical (unpaired) electrons. The fourth-order valence-electron chi connectivity index (χ4n) is 5.30. The molecule has 1 fully saturated rings. The fraction of sp³-hybridized carbons (Fsp3) is 0.333. The van der Waals surface area contributed by atoms with Gasteiger partial charge < -0.3 is 28.8 Å². The SMILES string of the molecule is OCC(F)(F)[C@]1(OCc2ccccc2)O[C@@H](COCc2ccccc2)CCC1(OCc1ccccc1)OCc1ccccc1. The summed E-state index contributed by atoms with van der Waals surface area (Å²) in [5.41, 5.74) is 3.11. The van der Waals surface area contributed by atoms with Gasteiger partial charge in [0.25, 0.3) is 5.79 Å². The Balaban J connectivity index is 1.50. The maximum Gasteiger partial charge on any atom is 0.328 e. The number of halogens is 2. The average Bonchev–Trinajstić information content (AvgIpc) is 3.08. The summed E-state index contributed by atoms with van der Waals surface area (Å²) in [5, 5.41) is 10.2. The van der Waals surface area contributed by atoms with E-state index in [1.54, 1.807) is 24.3 Å². The zero-order chi connectivity index (χ0) is 30.7. The van der Waals surface area contributed by atoms with Crippen LogP contribution in [0, 0.1) is 0 Å². The van der Waals surface area contributed by atoms with Crippen molar-refractivity contribution < 1.29 is 37.6 Å². The molecular weight excluding hydrogens is 566 g/mol. The lowest BCUT2D eigenvalue weighted by atomic mass is 9.88. The first kappa shape index (κ1) is 31.9. The molecule has 44 heavy (non-hydrogen) atoms. The highest BCUT2D eigenvalue weighted by Gasteiger charge is 2.73. The summed E-state index contributed by atoms with van der Waals surface area (Å²) in [6.45, 7) is -1.57. The second kappa shape index (κ2) is 15.0. The number of hydrogen-bond acceptors (Lipinski definition) is 6. The standard InChI is InChI=1S/C36H38F2O6/c37-34(38,28-39)36(43-26-32-19-11-4-12-20-32)35(41-24-30-15-7-2-8-16-30,42-25-31-17-9-3-10-18-31)22-21-33(44-36)27-40-23-29-13-5-1-6-14-29/h1-20,33,39H,21-28H2/t33-,36+/m1/s1. The van der Waals surface area contributed by atoms with Gasteiger partial charge in [-0.3, -0.25) is 0 Å². The topological polar surface area (TPSA) is 66.4 Å². The van der Waals surface area contributed by atoms with Gasteiger partial charge in [-0.15, -0.1) is 0 Å². The molecule has 1 heterocycles. The van der Waals surface area contributed by atoms with Crippen molar-refractivity contribution in [2.75, 3.05) is 13.2 Å². The Hall–Kier alpha value is -3.50. The Kier molecular flexibility index (Phi) is 10.9. The number of aliphatic hydroxyl groups excluding tert-OH is 1. The Morgan fingerprint density at radius 3 is 1.48 bits per heavy atom. The van der Waals surface area contributed by atoms with Crippen molar-refractivity contribution in [2.45, 2.75) is 62.9 Å². The van der Waals surface area contributed by atoms with Gasteiger partial charge in [0.1, 0.15) is 6.61 Å². The first-order valence-electron chi connectivity index (χ1n) is 14.8. The zero-order valence-electron chi connectivity index (χ0n) is 24.5. The van der Waals surface area contributed by atoms with Crippen LogP contribution in [0.1, 0.15) is 35.1 Å². The summed E-state index contributed by atoms with van der Waals surface area (Å²) in [6.07, 6.45) is -0.507. The normalized spacial score (nSPS) is 19.9. The minimum Gasteiger partial charge on any atom is -0.390 e. The molecule has 232 valence electrons. The van der Waals surface area contributed by atoms with Crippen LogP contribution in [0.3, 0.4) is 0 Å².